The van der Waals surface area contributed by atoms with Crippen LogP contribution in [-0.4, -0.2) is 22.6 Å². The standard InChI is InChI=1S/C21H28N2O4/c1-21(2,3)27-20(25)22-13-16-11-15-12-17(8-9-18(15)23-16)26-19(24)10-14-6-4-5-7-14/h8-9,11-12,14,23H,4-7,10,13H2,1-3H3,(H,22,25). The van der Waals surface area contributed by atoms with Crippen molar-refractivity contribution >= 4 is 23.0 Å². The van der Waals surface area contributed by atoms with Crippen molar-refractivity contribution in [1.82, 2.24) is 10.3 Å². The second kappa shape index (κ2) is 8.03. The summed E-state index contributed by atoms with van der Waals surface area (Å²) < 4.78 is 10.7. The van der Waals surface area contributed by atoms with E-state index in [1.807, 2.05) is 39.0 Å². The third-order valence-electron chi connectivity index (χ3n) is 4.63. The number of aromatic amines is 1. The Morgan fingerprint density at radius 1 is 1.19 bits per heavy atom. The van der Waals surface area contributed by atoms with Gasteiger partial charge in [0.05, 0.1) is 6.54 Å². The third-order valence-corrected chi connectivity index (χ3v) is 4.63. The first kappa shape index (κ1) is 19.3. The van der Waals surface area contributed by atoms with E-state index in [9.17, 15) is 9.59 Å². The highest BCUT2D eigenvalue weighted by Crippen LogP contribution is 2.28. The number of H-pyrrole nitrogens is 1. The van der Waals surface area contributed by atoms with E-state index in [0.29, 0.717) is 24.6 Å². The number of hydrogen-bond donors (Lipinski definition) is 2. The molecule has 0 aliphatic heterocycles. The van der Waals surface area contributed by atoms with Gasteiger partial charge in [-0.3, -0.25) is 4.79 Å². The minimum Gasteiger partial charge on any atom is -0.444 e. The Kier molecular flexibility index (Phi) is 5.73. The normalized spacial score (nSPS) is 15.1. The van der Waals surface area contributed by atoms with E-state index in [1.165, 1.54) is 12.8 Å². The molecule has 0 unspecified atom stereocenters. The molecule has 1 saturated carbocycles. The Balaban J connectivity index is 1.57. The molecule has 1 aliphatic rings. The van der Waals surface area contributed by atoms with Crippen LogP contribution in [0.25, 0.3) is 10.9 Å². The molecule has 1 aromatic heterocycles. The predicted octanol–water partition coefficient (Wildman–Crippen LogP) is 4.68. The quantitative estimate of drug-likeness (QED) is 0.590. The van der Waals surface area contributed by atoms with E-state index in [-0.39, 0.29) is 5.97 Å². The van der Waals surface area contributed by atoms with Crippen molar-refractivity contribution in [3.05, 3.63) is 30.0 Å². The number of esters is 1. The summed E-state index contributed by atoms with van der Waals surface area (Å²) in [6.07, 6.45) is 4.72. The van der Waals surface area contributed by atoms with Crippen molar-refractivity contribution in [3.8, 4) is 5.75 Å². The predicted molar refractivity (Wildman–Crippen MR) is 104 cm³/mol. The number of benzene rings is 1. The van der Waals surface area contributed by atoms with Gasteiger partial charge in [0.1, 0.15) is 11.4 Å². The topological polar surface area (TPSA) is 80.4 Å². The molecular formula is C21H28N2O4. The van der Waals surface area contributed by atoms with Crippen LogP contribution in [0.3, 0.4) is 0 Å². The van der Waals surface area contributed by atoms with Gasteiger partial charge in [-0.25, -0.2) is 4.79 Å². The van der Waals surface area contributed by atoms with Crippen molar-refractivity contribution < 1.29 is 19.1 Å². The van der Waals surface area contributed by atoms with Crippen molar-refractivity contribution in [2.24, 2.45) is 5.92 Å². The number of amides is 1. The maximum absolute atomic E-state index is 12.1. The van der Waals surface area contributed by atoms with Gasteiger partial charge in [-0.15, -0.1) is 0 Å². The molecule has 0 bridgehead atoms. The van der Waals surface area contributed by atoms with Crippen LogP contribution in [0.1, 0.15) is 58.6 Å². The highest BCUT2D eigenvalue weighted by atomic mass is 16.6. The molecule has 1 aliphatic carbocycles. The van der Waals surface area contributed by atoms with Gasteiger partial charge in [0.2, 0.25) is 0 Å². The summed E-state index contributed by atoms with van der Waals surface area (Å²) in [7, 11) is 0. The van der Waals surface area contributed by atoms with E-state index < -0.39 is 11.7 Å². The first-order chi connectivity index (χ1) is 12.8. The van der Waals surface area contributed by atoms with Crippen molar-refractivity contribution in [3.63, 3.8) is 0 Å². The molecule has 1 amide bonds. The molecule has 6 nitrogen and oxygen atoms in total. The molecule has 1 fully saturated rings. The van der Waals surface area contributed by atoms with Crippen molar-refractivity contribution in [2.45, 2.75) is 65.0 Å². The van der Waals surface area contributed by atoms with Crippen LogP contribution in [0.4, 0.5) is 4.79 Å². The molecule has 146 valence electrons. The van der Waals surface area contributed by atoms with Crippen molar-refractivity contribution in [1.29, 1.82) is 0 Å². The zero-order valence-electron chi connectivity index (χ0n) is 16.3. The molecule has 0 saturated heterocycles. The number of carbonyl (C=O) groups excluding carboxylic acids is 2. The lowest BCUT2D eigenvalue weighted by Gasteiger charge is -2.19. The van der Waals surface area contributed by atoms with Crippen molar-refractivity contribution in [2.75, 3.05) is 0 Å². The lowest BCUT2D eigenvalue weighted by atomic mass is 10.0. The summed E-state index contributed by atoms with van der Waals surface area (Å²) in [5, 5.41) is 3.66. The van der Waals surface area contributed by atoms with E-state index in [2.05, 4.69) is 10.3 Å². The van der Waals surface area contributed by atoms with E-state index in [4.69, 9.17) is 9.47 Å². The summed E-state index contributed by atoms with van der Waals surface area (Å²) >= 11 is 0. The maximum atomic E-state index is 12.1. The van der Waals surface area contributed by atoms with Crippen LogP contribution >= 0.6 is 0 Å². The summed E-state index contributed by atoms with van der Waals surface area (Å²) in [5.74, 6) is 0.860. The number of nitrogens with one attached hydrogen (secondary N) is 2. The minimum atomic E-state index is -0.526. The van der Waals surface area contributed by atoms with Crippen LogP contribution in [0, 0.1) is 5.92 Å². The lowest BCUT2D eigenvalue weighted by molar-refractivity contribution is -0.135. The van der Waals surface area contributed by atoms with Crippen LogP contribution in [0.15, 0.2) is 24.3 Å². The van der Waals surface area contributed by atoms with Crippen LogP contribution < -0.4 is 10.1 Å². The fourth-order valence-corrected chi connectivity index (χ4v) is 3.43. The monoisotopic (exact) mass is 372 g/mol. The van der Waals surface area contributed by atoms with Crippen LogP contribution in [-0.2, 0) is 16.1 Å². The molecule has 0 radical (unpaired) electrons. The number of fused-ring (bicyclic) bond motifs is 1. The first-order valence-corrected chi connectivity index (χ1v) is 9.58. The highest BCUT2D eigenvalue weighted by molar-refractivity contribution is 5.83. The van der Waals surface area contributed by atoms with Crippen LogP contribution in [0.5, 0.6) is 5.75 Å². The Morgan fingerprint density at radius 3 is 2.63 bits per heavy atom. The molecule has 1 aromatic carbocycles. The van der Waals surface area contributed by atoms with Gasteiger partial charge >= 0.3 is 12.1 Å². The second-order valence-corrected chi connectivity index (χ2v) is 8.23. The Labute approximate surface area is 159 Å². The number of rotatable bonds is 5. The minimum absolute atomic E-state index is 0.163. The number of carbonyl (C=O) groups is 2. The Morgan fingerprint density at radius 2 is 1.93 bits per heavy atom. The van der Waals surface area contributed by atoms with Gasteiger partial charge in [0.25, 0.3) is 0 Å². The summed E-state index contributed by atoms with van der Waals surface area (Å²) in [4.78, 5) is 27.1. The Hall–Kier alpha value is -2.50. The van der Waals surface area contributed by atoms with Gasteiger partial charge in [-0.2, -0.15) is 0 Å². The average Bonchev–Trinajstić information content (AvgIpc) is 3.20. The fraction of sp³-hybridized carbons (Fsp3) is 0.524. The zero-order chi connectivity index (χ0) is 19.4. The van der Waals surface area contributed by atoms with Gasteiger partial charge < -0.3 is 19.8 Å². The molecular weight excluding hydrogens is 344 g/mol. The first-order valence-electron chi connectivity index (χ1n) is 9.58. The maximum Gasteiger partial charge on any atom is 0.407 e. The summed E-state index contributed by atoms with van der Waals surface area (Å²) in [6, 6.07) is 7.44. The molecule has 0 spiro atoms. The second-order valence-electron chi connectivity index (χ2n) is 8.23. The van der Waals surface area contributed by atoms with E-state index in [0.717, 1.165) is 29.4 Å². The molecule has 0 atom stereocenters. The number of aromatic nitrogens is 1. The molecule has 3 rings (SSSR count). The number of hydrogen-bond acceptors (Lipinski definition) is 4. The van der Waals surface area contributed by atoms with Gasteiger partial charge in [-0.05, 0) is 63.8 Å². The zero-order valence-corrected chi connectivity index (χ0v) is 16.3. The molecule has 27 heavy (non-hydrogen) atoms. The fourth-order valence-electron chi connectivity index (χ4n) is 3.43. The molecule has 6 heteroatoms. The number of alkyl carbamates (subject to hydrolysis) is 1. The van der Waals surface area contributed by atoms with Crippen LogP contribution in [0.2, 0.25) is 0 Å². The highest BCUT2D eigenvalue weighted by Gasteiger charge is 2.20. The smallest absolute Gasteiger partial charge is 0.407 e. The number of ether oxygens (including phenoxy) is 2. The van der Waals surface area contributed by atoms with Gasteiger partial charge in [0, 0.05) is 23.0 Å². The summed E-state index contributed by atoms with van der Waals surface area (Å²) in [6.45, 7) is 5.81. The van der Waals surface area contributed by atoms with Gasteiger partial charge in [-0.1, -0.05) is 12.8 Å². The Bertz CT molecular complexity index is 813. The average molecular weight is 372 g/mol. The lowest BCUT2D eigenvalue weighted by Crippen LogP contribution is -2.32. The molecule has 2 aromatic rings. The molecule has 1 heterocycles. The van der Waals surface area contributed by atoms with E-state index >= 15 is 0 Å². The third kappa shape index (κ3) is 5.74. The van der Waals surface area contributed by atoms with Gasteiger partial charge in [0.15, 0.2) is 0 Å². The summed E-state index contributed by atoms with van der Waals surface area (Å²) in [5.41, 5.74) is 1.25. The van der Waals surface area contributed by atoms with E-state index in [1.54, 1.807) is 6.07 Å². The molecule has 2 N–H and O–H groups in total. The SMILES string of the molecule is CC(C)(C)OC(=O)NCc1cc2cc(OC(=O)CC3CCCC3)ccc2[nH]1. The largest absolute Gasteiger partial charge is 0.444 e.